The van der Waals surface area contributed by atoms with Crippen molar-refractivity contribution in [1.29, 1.82) is 0 Å². The van der Waals surface area contributed by atoms with E-state index >= 15 is 0 Å². The zero-order valence-corrected chi connectivity index (χ0v) is 16.2. The predicted octanol–water partition coefficient (Wildman–Crippen LogP) is 1.59. The van der Waals surface area contributed by atoms with Crippen molar-refractivity contribution < 1.29 is 26.7 Å². The minimum Gasteiger partial charge on any atom is -0.474 e. The lowest BCUT2D eigenvalue weighted by Crippen LogP contribution is -2.14. The number of aromatic nitrogens is 4. The first-order chi connectivity index (χ1) is 12.8. The zero-order chi connectivity index (χ0) is 19.6. The molecular weight excluding hydrogens is 451 g/mol. The maximum Gasteiger partial charge on any atom is 0.446 e. The van der Waals surface area contributed by atoms with Crippen molar-refractivity contribution in [2.24, 2.45) is 0 Å². The Hall–Kier alpha value is -2.54. The van der Waals surface area contributed by atoms with Crippen LogP contribution in [0.5, 0.6) is 5.88 Å². The van der Waals surface area contributed by atoms with Crippen molar-refractivity contribution in [2.45, 2.75) is 6.42 Å². The zero-order valence-electron chi connectivity index (χ0n) is 13.8. The second kappa shape index (κ2) is 7.60. The molecule has 10 nitrogen and oxygen atoms in total. The van der Waals surface area contributed by atoms with Gasteiger partial charge in [0.25, 0.3) is 5.88 Å². The number of ether oxygens (including phenoxy) is 1. The quantitative estimate of drug-likeness (QED) is 0.480. The van der Waals surface area contributed by atoms with Crippen molar-refractivity contribution in [2.75, 3.05) is 18.6 Å². The largest absolute Gasteiger partial charge is 0.474 e. The third kappa shape index (κ3) is 4.42. The summed E-state index contributed by atoms with van der Waals surface area (Å²) in [6.45, 7) is 0.0263. The SMILES string of the molecule is CS(=O)(=O)CCCOc1nonc1-c1noc(=O)n1-c1ccc(F)c(Br)c1. The van der Waals surface area contributed by atoms with Gasteiger partial charge in [-0.05, 0) is 50.9 Å². The van der Waals surface area contributed by atoms with E-state index in [2.05, 4.69) is 40.6 Å². The van der Waals surface area contributed by atoms with Gasteiger partial charge >= 0.3 is 5.76 Å². The van der Waals surface area contributed by atoms with Crippen molar-refractivity contribution in [3.63, 3.8) is 0 Å². The lowest BCUT2D eigenvalue weighted by atomic mass is 10.3. The standard InChI is InChI=1S/C14H12BrFN4O6S/c1-27(22,23)6-2-5-24-13-11(17-26-19-13)12-18-25-14(21)20(12)8-3-4-10(16)9(15)7-8/h3-4,7H,2,5-6H2,1H3. The molecule has 1 aromatic carbocycles. The molecule has 0 spiro atoms. The summed E-state index contributed by atoms with van der Waals surface area (Å²) in [5, 5.41) is 10.9. The average molecular weight is 463 g/mol. The molecule has 0 unspecified atom stereocenters. The molecule has 0 radical (unpaired) electrons. The molecule has 0 amide bonds. The topological polar surface area (TPSA) is 130 Å². The number of benzene rings is 1. The summed E-state index contributed by atoms with van der Waals surface area (Å²) in [7, 11) is -3.12. The first-order valence-corrected chi connectivity index (χ1v) is 10.3. The normalized spacial score (nSPS) is 11.7. The number of nitrogens with zero attached hydrogens (tertiary/aromatic N) is 4. The molecule has 144 valence electrons. The number of hydrogen-bond donors (Lipinski definition) is 0. The van der Waals surface area contributed by atoms with Crippen molar-refractivity contribution in [3.05, 3.63) is 39.0 Å². The van der Waals surface area contributed by atoms with Gasteiger partial charge in [-0.2, -0.15) is 0 Å². The van der Waals surface area contributed by atoms with E-state index in [4.69, 9.17) is 4.74 Å². The third-order valence-electron chi connectivity index (χ3n) is 3.33. The first-order valence-electron chi connectivity index (χ1n) is 7.44. The highest BCUT2D eigenvalue weighted by atomic mass is 79.9. The predicted molar refractivity (Wildman–Crippen MR) is 92.9 cm³/mol. The van der Waals surface area contributed by atoms with Gasteiger partial charge in [-0.25, -0.2) is 26.8 Å². The smallest absolute Gasteiger partial charge is 0.446 e. The van der Waals surface area contributed by atoms with Crippen LogP contribution < -0.4 is 10.5 Å². The first kappa shape index (κ1) is 19.2. The fourth-order valence-electron chi connectivity index (χ4n) is 2.15. The number of hydrogen-bond acceptors (Lipinski definition) is 9. The lowest BCUT2D eigenvalue weighted by molar-refractivity contribution is 0.255. The van der Waals surface area contributed by atoms with Gasteiger partial charge in [-0.1, -0.05) is 5.16 Å². The van der Waals surface area contributed by atoms with Crippen molar-refractivity contribution in [1.82, 2.24) is 20.0 Å². The second-order valence-electron chi connectivity index (χ2n) is 5.46. The van der Waals surface area contributed by atoms with E-state index in [0.717, 1.165) is 16.9 Å². The maximum absolute atomic E-state index is 13.5. The number of halogens is 2. The Bertz CT molecular complexity index is 1120. The molecule has 13 heteroatoms. The molecule has 0 atom stereocenters. The van der Waals surface area contributed by atoms with Crippen LogP contribution in [0.15, 0.2) is 36.6 Å². The van der Waals surface area contributed by atoms with Crippen LogP contribution in [-0.4, -0.2) is 47.1 Å². The molecule has 27 heavy (non-hydrogen) atoms. The average Bonchev–Trinajstić information content (AvgIpc) is 3.19. The molecule has 0 aliphatic heterocycles. The molecule has 0 saturated carbocycles. The van der Waals surface area contributed by atoms with Crippen LogP contribution in [0, 0.1) is 5.82 Å². The highest BCUT2D eigenvalue weighted by Gasteiger charge is 2.24. The Morgan fingerprint density at radius 3 is 2.78 bits per heavy atom. The van der Waals surface area contributed by atoms with Gasteiger partial charge < -0.3 is 4.74 Å². The molecule has 2 heterocycles. The Balaban J connectivity index is 1.89. The van der Waals surface area contributed by atoms with Gasteiger partial charge in [0.05, 0.1) is 22.5 Å². The van der Waals surface area contributed by atoms with Gasteiger partial charge in [-0.3, -0.25) is 4.52 Å². The molecule has 3 aromatic rings. The molecule has 0 N–H and O–H groups in total. The monoisotopic (exact) mass is 462 g/mol. The molecule has 0 bridgehead atoms. The van der Waals surface area contributed by atoms with E-state index in [1.165, 1.54) is 12.1 Å². The lowest BCUT2D eigenvalue weighted by Gasteiger charge is -2.05. The molecule has 0 saturated heterocycles. The van der Waals surface area contributed by atoms with Gasteiger partial charge in [0, 0.05) is 6.26 Å². The van der Waals surface area contributed by atoms with Crippen LogP contribution in [0.3, 0.4) is 0 Å². The molecule has 0 aliphatic rings. The number of sulfone groups is 1. The Labute approximate surface area is 159 Å². The van der Waals surface area contributed by atoms with Gasteiger partial charge in [0.1, 0.15) is 15.7 Å². The van der Waals surface area contributed by atoms with Crippen LogP contribution in [0.25, 0.3) is 17.2 Å². The van der Waals surface area contributed by atoms with Crippen LogP contribution in [-0.2, 0) is 9.84 Å². The van der Waals surface area contributed by atoms with Crippen LogP contribution in [0.4, 0.5) is 4.39 Å². The summed E-state index contributed by atoms with van der Waals surface area (Å²) in [6, 6.07) is 3.87. The van der Waals surface area contributed by atoms with Crippen molar-refractivity contribution >= 4 is 25.8 Å². The Kier molecular flexibility index (Phi) is 5.41. The van der Waals surface area contributed by atoms with E-state index in [-0.39, 0.29) is 46.3 Å². The van der Waals surface area contributed by atoms with Crippen LogP contribution >= 0.6 is 15.9 Å². The highest BCUT2D eigenvalue weighted by Crippen LogP contribution is 2.27. The Morgan fingerprint density at radius 1 is 1.30 bits per heavy atom. The summed E-state index contributed by atoms with van der Waals surface area (Å²) in [5.41, 5.74) is 0.233. The van der Waals surface area contributed by atoms with Crippen molar-refractivity contribution in [3.8, 4) is 23.1 Å². The van der Waals surface area contributed by atoms with E-state index in [0.29, 0.717) is 0 Å². The molecule has 0 aliphatic carbocycles. The fourth-order valence-corrected chi connectivity index (χ4v) is 3.16. The molecule has 0 fully saturated rings. The van der Waals surface area contributed by atoms with Gasteiger partial charge in [0.15, 0.2) is 0 Å². The van der Waals surface area contributed by atoms with Crippen LogP contribution in [0.1, 0.15) is 6.42 Å². The Morgan fingerprint density at radius 2 is 2.07 bits per heavy atom. The summed E-state index contributed by atoms with van der Waals surface area (Å²) in [4.78, 5) is 12.1. The summed E-state index contributed by atoms with van der Waals surface area (Å²) in [6.07, 6.45) is 1.34. The third-order valence-corrected chi connectivity index (χ3v) is 4.97. The summed E-state index contributed by atoms with van der Waals surface area (Å²) < 4.78 is 51.6. The van der Waals surface area contributed by atoms with Gasteiger partial charge in [0.2, 0.25) is 11.5 Å². The minimum atomic E-state index is -3.12. The minimum absolute atomic E-state index is 0.0263. The van der Waals surface area contributed by atoms with E-state index in [1.807, 2.05) is 0 Å². The summed E-state index contributed by atoms with van der Waals surface area (Å²) in [5.74, 6) is -1.58. The molecule has 3 rings (SSSR count). The summed E-state index contributed by atoms with van der Waals surface area (Å²) >= 11 is 3.04. The van der Waals surface area contributed by atoms with E-state index in [9.17, 15) is 17.6 Å². The number of rotatable bonds is 7. The van der Waals surface area contributed by atoms with E-state index in [1.54, 1.807) is 0 Å². The fraction of sp³-hybridized carbons (Fsp3) is 0.286. The van der Waals surface area contributed by atoms with Gasteiger partial charge in [-0.15, -0.1) is 0 Å². The maximum atomic E-state index is 13.5. The van der Waals surface area contributed by atoms with Crippen LogP contribution in [0.2, 0.25) is 0 Å². The van der Waals surface area contributed by atoms with E-state index < -0.39 is 21.4 Å². The molecular formula is C14H12BrFN4O6S. The second-order valence-corrected chi connectivity index (χ2v) is 8.57. The molecule has 2 aromatic heterocycles. The highest BCUT2D eigenvalue weighted by molar-refractivity contribution is 9.10.